The Bertz CT molecular complexity index is 546. The standard InChI is InChI=1S/C14H13BrN2O2/c15-12-7-4-8-16-13(12)9-17-14(18)19-10-11-5-2-1-3-6-11/h1-8H,9-10H2,(H,17,18). The Labute approximate surface area is 119 Å². The van der Waals surface area contributed by atoms with Gasteiger partial charge in [-0.05, 0) is 33.6 Å². The Morgan fingerprint density at radius 3 is 2.74 bits per heavy atom. The first-order chi connectivity index (χ1) is 9.25. The number of ether oxygens (including phenoxy) is 1. The molecule has 98 valence electrons. The molecule has 1 aromatic heterocycles. The van der Waals surface area contributed by atoms with Gasteiger partial charge in [0, 0.05) is 10.7 Å². The molecule has 2 rings (SSSR count). The average molecular weight is 321 g/mol. The maximum atomic E-state index is 11.5. The summed E-state index contributed by atoms with van der Waals surface area (Å²) in [4.78, 5) is 15.7. The number of benzene rings is 1. The van der Waals surface area contributed by atoms with Gasteiger partial charge in [-0.3, -0.25) is 4.98 Å². The maximum absolute atomic E-state index is 11.5. The Morgan fingerprint density at radius 1 is 1.21 bits per heavy atom. The third-order valence-corrected chi connectivity index (χ3v) is 3.17. The Morgan fingerprint density at radius 2 is 2.00 bits per heavy atom. The number of hydrogen-bond donors (Lipinski definition) is 1. The lowest BCUT2D eigenvalue weighted by molar-refractivity contribution is 0.139. The lowest BCUT2D eigenvalue weighted by atomic mass is 10.2. The van der Waals surface area contributed by atoms with Crippen molar-refractivity contribution < 1.29 is 9.53 Å². The highest BCUT2D eigenvalue weighted by molar-refractivity contribution is 9.10. The third kappa shape index (κ3) is 4.37. The molecule has 19 heavy (non-hydrogen) atoms. The molecular formula is C14H13BrN2O2. The summed E-state index contributed by atoms with van der Waals surface area (Å²) in [5.74, 6) is 0. The summed E-state index contributed by atoms with van der Waals surface area (Å²) in [7, 11) is 0. The minimum Gasteiger partial charge on any atom is -0.445 e. The summed E-state index contributed by atoms with van der Waals surface area (Å²) < 4.78 is 5.96. The molecule has 0 saturated heterocycles. The first kappa shape index (κ1) is 13.5. The van der Waals surface area contributed by atoms with E-state index in [2.05, 4.69) is 26.2 Å². The normalized spacial score (nSPS) is 9.95. The molecule has 1 N–H and O–H groups in total. The van der Waals surface area contributed by atoms with Crippen LogP contribution >= 0.6 is 15.9 Å². The Hall–Kier alpha value is -1.88. The fourth-order valence-electron chi connectivity index (χ4n) is 1.48. The second-order valence-electron chi connectivity index (χ2n) is 3.85. The minimum atomic E-state index is -0.457. The molecule has 0 unspecified atom stereocenters. The van der Waals surface area contributed by atoms with Crippen LogP contribution in [-0.2, 0) is 17.9 Å². The quantitative estimate of drug-likeness (QED) is 0.940. The van der Waals surface area contributed by atoms with Crippen LogP contribution < -0.4 is 5.32 Å². The molecule has 0 saturated carbocycles. The zero-order valence-corrected chi connectivity index (χ0v) is 11.8. The van der Waals surface area contributed by atoms with Gasteiger partial charge in [-0.2, -0.15) is 0 Å². The van der Waals surface area contributed by atoms with Gasteiger partial charge in [0.2, 0.25) is 0 Å². The van der Waals surface area contributed by atoms with Crippen LogP contribution in [0.1, 0.15) is 11.3 Å². The summed E-state index contributed by atoms with van der Waals surface area (Å²) in [6, 6.07) is 13.2. The van der Waals surface area contributed by atoms with E-state index in [1.807, 2.05) is 42.5 Å². The number of alkyl carbamates (subject to hydrolysis) is 1. The number of rotatable bonds is 4. The summed E-state index contributed by atoms with van der Waals surface area (Å²) >= 11 is 3.37. The number of hydrogen-bond acceptors (Lipinski definition) is 3. The lowest BCUT2D eigenvalue weighted by Crippen LogP contribution is -2.24. The van der Waals surface area contributed by atoms with Crippen molar-refractivity contribution in [3.8, 4) is 0 Å². The number of pyridine rings is 1. The van der Waals surface area contributed by atoms with E-state index in [4.69, 9.17) is 4.74 Å². The highest BCUT2D eigenvalue weighted by Crippen LogP contribution is 2.12. The zero-order valence-electron chi connectivity index (χ0n) is 10.2. The molecule has 0 aliphatic rings. The second-order valence-corrected chi connectivity index (χ2v) is 4.70. The van der Waals surface area contributed by atoms with E-state index in [-0.39, 0.29) is 6.61 Å². The van der Waals surface area contributed by atoms with Gasteiger partial charge in [0.15, 0.2) is 0 Å². The molecule has 1 aromatic carbocycles. The topological polar surface area (TPSA) is 51.2 Å². The molecule has 0 aliphatic carbocycles. The largest absolute Gasteiger partial charge is 0.445 e. The van der Waals surface area contributed by atoms with E-state index in [0.717, 1.165) is 15.7 Å². The molecule has 1 heterocycles. The molecule has 0 aliphatic heterocycles. The van der Waals surface area contributed by atoms with Crippen molar-refractivity contribution in [3.05, 3.63) is 64.4 Å². The Balaban J connectivity index is 1.78. The van der Waals surface area contributed by atoms with E-state index >= 15 is 0 Å². The van der Waals surface area contributed by atoms with Gasteiger partial charge >= 0.3 is 6.09 Å². The predicted molar refractivity (Wildman–Crippen MR) is 75.4 cm³/mol. The van der Waals surface area contributed by atoms with E-state index < -0.39 is 6.09 Å². The SMILES string of the molecule is O=C(NCc1ncccc1Br)OCc1ccccc1. The summed E-state index contributed by atoms with van der Waals surface area (Å²) in [6.45, 7) is 0.588. The summed E-state index contributed by atoms with van der Waals surface area (Å²) in [5.41, 5.74) is 1.72. The van der Waals surface area contributed by atoms with Crippen molar-refractivity contribution >= 4 is 22.0 Å². The van der Waals surface area contributed by atoms with Crippen molar-refractivity contribution in [1.82, 2.24) is 10.3 Å². The maximum Gasteiger partial charge on any atom is 0.407 e. The van der Waals surface area contributed by atoms with Crippen molar-refractivity contribution in [2.75, 3.05) is 0 Å². The first-order valence-electron chi connectivity index (χ1n) is 5.79. The molecule has 5 heteroatoms. The monoisotopic (exact) mass is 320 g/mol. The van der Waals surface area contributed by atoms with E-state index in [1.54, 1.807) is 6.20 Å². The van der Waals surface area contributed by atoms with Crippen molar-refractivity contribution in [2.45, 2.75) is 13.2 Å². The molecule has 0 spiro atoms. The number of carbonyl (C=O) groups excluding carboxylic acids is 1. The van der Waals surface area contributed by atoms with E-state index in [9.17, 15) is 4.79 Å². The molecule has 0 fully saturated rings. The third-order valence-electron chi connectivity index (χ3n) is 2.45. The molecule has 0 radical (unpaired) electrons. The number of nitrogens with one attached hydrogen (secondary N) is 1. The van der Waals surface area contributed by atoms with E-state index in [1.165, 1.54) is 0 Å². The van der Waals surface area contributed by atoms with Gasteiger partial charge < -0.3 is 10.1 Å². The van der Waals surface area contributed by atoms with Crippen LogP contribution in [0, 0.1) is 0 Å². The number of aromatic nitrogens is 1. The summed E-state index contributed by atoms with van der Waals surface area (Å²) in [5, 5.41) is 2.66. The zero-order chi connectivity index (χ0) is 13.5. The summed E-state index contributed by atoms with van der Waals surface area (Å²) in [6.07, 6.45) is 1.22. The minimum absolute atomic E-state index is 0.260. The fourth-order valence-corrected chi connectivity index (χ4v) is 1.87. The van der Waals surface area contributed by atoms with Crippen molar-refractivity contribution in [2.24, 2.45) is 0 Å². The molecule has 4 nitrogen and oxygen atoms in total. The van der Waals surface area contributed by atoms with Gasteiger partial charge in [0.1, 0.15) is 6.61 Å². The van der Waals surface area contributed by atoms with Crippen LogP contribution in [0.5, 0.6) is 0 Å². The molecule has 1 amide bonds. The average Bonchev–Trinajstić information content (AvgIpc) is 2.45. The van der Waals surface area contributed by atoms with Gasteiger partial charge in [-0.1, -0.05) is 30.3 Å². The van der Waals surface area contributed by atoms with Gasteiger partial charge in [-0.25, -0.2) is 4.79 Å². The number of carbonyl (C=O) groups is 1. The van der Waals surface area contributed by atoms with E-state index in [0.29, 0.717) is 6.54 Å². The number of nitrogens with zero attached hydrogens (tertiary/aromatic N) is 1. The van der Waals surface area contributed by atoms with Crippen LogP contribution in [0.4, 0.5) is 4.79 Å². The van der Waals surface area contributed by atoms with Crippen LogP contribution in [-0.4, -0.2) is 11.1 Å². The molecule has 2 aromatic rings. The number of amides is 1. The highest BCUT2D eigenvalue weighted by Gasteiger charge is 2.05. The van der Waals surface area contributed by atoms with Gasteiger partial charge in [0.05, 0.1) is 12.2 Å². The highest BCUT2D eigenvalue weighted by atomic mass is 79.9. The smallest absolute Gasteiger partial charge is 0.407 e. The van der Waals surface area contributed by atoms with Gasteiger partial charge in [0.25, 0.3) is 0 Å². The van der Waals surface area contributed by atoms with Crippen LogP contribution in [0.3, 0.4) is 0 Å². The Kier molecular flexibility index (Phi) is 4.92. The van der Waals surface area contributed by atoms with Crippen LogP contribution in [0.25, 0.3) is 0 Å². The van der Waals surface area contributed by atoms with Crippen LogP contribution in [0.2, 0.25) is 0 Å². The number of halogens is 1. The predicted octanol–water partition coefficient (Wildman–Crippen LogP) is 3.27. The van der Waals surface area contributed by atoms with Crippen molar-refractivity contribution in [3.63, 3.8) is 0 Å². The second kappa shape index (κ2) is 6.89. The molecule has 0 bridgehead atoms. The fraction of sp³-hybridized carbons (Fsp3) is 0.143. The van der Waals surface area contributed by atoms with Crippen LogP contribution in [0.15, 0.2) is 53.1 Å². The van der Waals surface area contributed by atoms with Gasteiger partial charge in [-0.15, -0.1) is 0 Å². The van der Waals surface area contributed by atoms with Crippen molar-refractivity contribution in [1.29, 1.82) is 0 Å². The molecular weight excluding hydrogens is 308 g/mol. The first-order valence-corrected chi connectivity index (χ1v) is 6.59. The lowest BCUT2D eigenvalue weighted by Gasteiger charge is -2.07. The molecule has 0 atom stereocenters.